The van der Waals surface area contributed by atoms with Crippen molar-refractivity contribution in [2.24, 2.45) is 0 Å². The lowest BCUT2D eigenvalue weighted by atomic mass is 9.89. The molecule has 18 heavy (non-hydrogen) atoms. The number of carbonyl (C=O) groups is 1. The van der Waals surface area contributed by atoms with Gasteiger partial charge in [-0.25, -0.2) is 4.68 Å². The van der Waals surface area contributed by atoms with Gasteiger partial charge in [-0.05, 0) is 25.3 Å². The number of amides is 1. The molecule has 0 aliphatic heterocycles. The van der Waals surface area contributed by atoms with Crippen molar-refractivity contribution in [2.45, 2.75) is 44.9 Å². The van der Waals surface area contributed by atoms with E-state index < -0.39 is 0 Å². The maximum atomic E-state index is 11.9. The van der Waals surface area contributed by atoms with E-state index in [1.54, 1.807) is 0 Å². The molecule has 1 fully saturated rings. The standard InChI is InChI=1S/C12H17N3O3/c1-2-5-15-11(17)4-3-10(14-15)12(18)13-8-6-9(16)7-8/h3-4,8-9,16H,2,5-7H2,1H3,(H,13,18). The van der Waals surface area contributed by atoms with E-state index in [1.165, 1.54) is 16.8 Å². The van der Waals surface area contributed by atoms with Crippen molar-refractivity contribution in [3.05, 3.63) is 28.2 Å². The first-order valence-corrected chi connectivity index (χ1v) is 6.17. The summed E-state index contributed by atoms with van der Waals surface area (Å²) in [6, 6.07) is 2.80. The van der Waals surface area contributed by atoms with Crippen LogP contribution in [-0.4, -0.2) is 32.9 Å². The van der Waals surface area contributed by atoms with Crippen molar-refractivity contribution in [3.63, 3.8) is 0 Å². The van der Waals surface area contributed by atoms with Crippen molar-refractivity contribution in [3.8, 4) is 0 Å². The number of hydrogen-bond acceptors (Lipinski definition) is 4. The van der Waals surface area contributed by atoms with Crippen LogP contribution in [0.4, 0.5) is 0 Å². The number of aliphatic hydroxyl groups excluding tert-OH is 1. The molecule has 0 radical (unpaired) electrons. The third kappa shape index (κ3) is 2.76. The molecule has 0 atom stereocenters. The Labute approximate surface area is 105 Å². The van der Waals surface area contributed by atoms with Crippen LogP contribution in [-0.2, 0) is 6.54 Å². The summed E-state index contributed by atoms with van der Waals surface area (Å²) in [5, 5.41) is 15.9. The van der Waals surface area contributed by atoms with Gasteiger partial charge in [-0.1, -0.05) is 6.92 Å². The molecular weight excluding hydrogens is 234 g/mol. The summed E-state index contributed by atoms with van der Waals surface area (Å²) in [6.45, 7) is 2.44. The lowest BCUT2D eigenvalue weighted by Gasteiger charge is -2.31. The molecule has 2 N–H and O–H groups in total. The van der Waals surface area contributed by atoms with Gasteiger partial charge < -0.3 is 10.4 Å². The van der Waals surface area contributed by atoms with Crippen LogP contribution in [0.5, 0.6) is 0 Å². The van der Waals surface area contributed by atoms with Crippen LogP contribution in [0.2, 0.25) is 0 Å². The van der Waals surface area contributed by atoms with Crippen molar-refractivity contribution in [1.29, 1.82) is 0 Å². The van der Waals surface area contributed by atoms with E-state index in [0.717, 1.165) is 6.42 Å². The number of carbonyl (C=O) groups excluding carboxylic acids is 1. The molecule has 1 aromatic heterocycles. The number of nitrogens with zero attached hydrogens (tertiary/aromatic N) is 2. The number of nitrogens with one attached hydrogen (secondary N) is 1. The van der Waals surface area contributed by atoms with Crippen LogP contribution in [0.15, 0.2) is 16.9 Å². The van der Waals surface area contributed by atoms with Crippen molar-refractivity contribution < 1.29 is 9.90 Å². The minimum atomic E-state index is -0.308. The van der Waals surface area contributed by atoms with Crippen molar-refractivity contribution in [2.75, 3.05) is 0 Å². The first-order chi connectivity index (χ1) is 8.60. The first kappa shape index (κ1) is 12.8. The van der Waals surface area contributed by atoms with E-state index in [-0.39, 0.29) is 29.3 Å². The van der Waals surface area contributed by atoms with Crippen LogP contribution in [0.3, 0.4) is 0 Å². The van der Waals surface area contributed by atoms with E-state index in [1.807, 2.05) is 6.92 Å². The highest BCUT2D eigenvalue weighted by molar-refractivity contribution is 5.92. The summed E-state index contributed by atoms with van der Waals surface area (Å²) in [4.78, 5) is 23.3. The summed E-state index contributed by atoms with van der Waals surface area (Å²) in [6.07, 6.45) is 1.64. The minimum Gasteiger partial charge on any atom is -0.393 e. The molecule has 0 saturated heterocycles. The van der Waals surface area contributed by atoms with Crippen molar-refractivity contribution in [1.82, 2.24) is 15.1 Å². The second kappa shape index (κ2) is 5.30. The van der Waals surface area contributed by atoms with E-state index in [2.05, 4.69) is 10.4 Å². The molecule has 1 amide bonds. The largest absolute Gasteiger partial charge is 0.393 e. The van der Waals surface area contributed by atoms with Crippen LogP contribution in [0.1, 0.15) is 36.7 Å². The van der Waals surface area contributed by atoms with Gasteiger partial charge in [0.2, 0.25) is 0 Å². The summed E-state index contributed by atoms with van der Waals surface area (Å²) in [5.74, 6) is -0.295. The zero-order valence-corrected chi connectivity index (χ0v) is 10.3. The van der Waals surface area contributed by atoms with Gasteiger partial charge in [0.15, 0.2) is 0 Å². The zero-order valence-electron chi connectivity index (χ0n) is 10.3. The zero-order chi connectivity index (χ0) is 13.1. The monoisotopic (exact) mass is 251 g/mol. The smallest absolute Gasteiger partial charge is 0.271 e. The van der Waals surface area contributed by atoms with Gasteiger partial charge in [-0.15, -0.1) is 0 Å². The molecule has 1 aromatic rings. The third-order valence-corrected chi connectivity index (χ3v) is 2.98. The lowest BCUT2D eigenvalue weighted by molar-refractivity contribution is 0.0559. The molecule has 0 bridgehead atoms. The molecule has 6 heteroatoms. The van der Waals surface area contributed by atoms with Crippen molar-refractivity contribution >= 4 is 5.91 Å². The fourth-order valence-corrected chi connectivity index (χ4v) is 1.91. The number of hydrogen-bond donors (Lipinski definition) is 2. The Morgan fingerprint density at radius 2 is 2.28 bits per heavy atom. The van der Waals surface area contributed by atoms with E-state index >= 15 is 0 Å². The molecular formula is C12H17N3O3. The molecule has 6 nitrogen and oxygen atoms in total. The molecule has 1 aliphatic rings. The van der Waals surface area contributed by atoms with Gasteiger partial charge in [0.25, 0.3) is 11.5 Å². The Morgan fingerprint density at radius 1 is 1.56 bits per heavy atom. The van der Waals surface area contributed by atoms with Crippen LogP contribution >= 0.6 is 0 Å². The molecule has 2 rings (SSSR count). The number of aromatic nitrogens is 2. The Hall–Kier alpha value is -1.69. The Bertz CT molecular complexity index is 492. The van der Waals surface area contributed by atoms with E-state index in [4.69, 9.17) is 5.11 Å². The van der Waals surface area contributed by atoms with Gasteiger partial charge in [0.1, 0.15) is 5.69 Å². The second-order valence-corrected chi connectivity index (χ2v) is 4.58. The summed E-state index contributed by atoms with van der Waals surface area (Å²) in [7, 11) is 0. The summed E-state index contributed by atoms with van der Waals surface area (Å²) < 4.78 is 1.30. The maximum absolute atomic E-state index is 11.9. The topological polar surface area (TPSA) is 84.2 Å². The highest BCUT2D eigenvalue weighted by Gasteiger charge is 2.28. The normalized spacial score (nSPS) is 22.3. The van der Waals surface area contributed by atoms with E-state index in [9.17, 15) is 9.59 Å². The lowest BCUT2D eigenvalue weighted by Crippen LogP contribution is -2.47. The highest BCUT2D eigenvalue weighted by Crippen LogP contribution is 2.19. The van der Waals surface area contributed by atoms with Gasteiger partial charge in [0, 0.05) is 18.7 Å². The number of aryl methyl sites for hydroxylation is 1. The fraction of sp³-hybridized carbons (Fsp3) is 0.583. The van der Waals surface area contributed by atoms with Gasteiger partial charge >= 0.3 is 0 Å². The van der Waals surface area contributed by atoms with Gasteiger partial charge in [0.05, 0.1) is 6.10 Å². The van der Waals surface area contributed by atoms with Crippen LogP contribution in [0, 0.1) is 0 Å². The molecule has 0 unspecified atom stereocenters. The van der Waals surface area contributed by atoms with E-state index in [0.29, 0.717) is 19.4 Å². The average molecular weight is 251 g/mol. The quantitative estimate of drug-likeness (QED) is 0.783. The first-order valence-electron chi connectivity index (χ1n) is 6.17. The molecule has 1 heterocycles. The highest BCUT2D eigenvalue weighted by atomic mass is 16.3. The molecule has 0 spiro atoms. The number of aliphatic hydroxyl groups is 1. The molecule has 1 saturated carbocycles. The fourth-order valence-electron chi connectivity index (χ4n) is 1.91. The van der Waals surface area contributed by atoms with Crippen LogP contribution in [0.25, 0.3) is 0 Å². The summed E-state index contributed by atoms with van der Waals surface area (Å²) in [5.41, 5.74) is 0.0388. The van der Waals surface area contributed by atoms with Crippen LogP contribution < -0.4 is 10.9 Å². The second-order valence-electron chi connectivity index (χ2n) is 4.58. The number of rotatable bonds is 4. The predicted molar refractivity (Wildman–Crippen MR) is 65.3 cm³/mol. The molecule has 98 valence electrons. The third-order valence-electron chi connectivity index (χ3n) is 2.98. The Morgan fingerprint density at radius 3 is 2.89 bits per heavy atom. The Kier molecular flexibility index (Phi) is 3.76. The molecule has 0 aromatic carbocycles. The predicted octanol–water partition coefficient (Wildman–Crippen LogP) is -0.0936. The van der Waals surface area contributed by atoms with Gasteiger partial charge in [-0.2, -0.15) is 5.10 Å². The summed E-state index contributed by atoms with van der Waals surface area (Å²) >= 11 is 0. The minimum absolute atomic E-state index is 0.0147. The Balaban J connectivity index is 2.05. The maximum Gasteiger partial charge on any atom is 0.271 e. The SMILES string of the molecule is CCCn1nc(C(=O)NC2CC(O)C2)ccc1=O. The molecule has 1 aliphatic carbocycles. The van der Waals surface area contributed by atoms with Gasteiger partial charge in [-0.3, -0.25) is 9.59 Å². The average Bonchev–Trinajstić information content (AvgIpc) is 2.30.